The topological polar surface area (TPSA) is 116 Å². The van der Waals surface area contributed by atoms with Crippen molar-refractivity contribution in [3.63, 3.8) is 0 Å². The van der Waals surface area contributed by atoms with Crippen LogP contribution in [0.1, 0.15) is 12.0 Å². The van der Waals surface area contributed by atoms with Crippen molar-refractivity contribution < 1.29 is 9.85 Å². The summed E-state index contributed by atoms with van der Waals surface area (Å²) in [6.45, 7) is 1.62. The maximum atomic E-state index is 10.9. The Morgan fingerprint density at radius 2 is 1.95 bits per heavy atom. The zero-order chi connectivity index (χ0) is 14.4. The van der Waals surface area contributed by atoms with E-state index in [0.717, 1.165) is 12.5 Å². The Labute approximate surface area is 110 Å². The minimum atomic E-state index is -0.644. The van der Waals surface area contributed by atoms with Gasteiger partial charge in [0, 0.05) is 18.2 Å². The second-order valence-corrected chi connectivity index (χ2v) is 4.21. The van der Waals surface area contributed by atoms with Gasteiger partial charge in [0.25, 0.3) is 11.4 Å². The zero-order valence-electron chi connectivity index (χ0n) is 10.6. The van der Waals surface area contributed by atoms with Gasteiger partial charge in [-0.2, -0.15) is 0 Å². The van der Waals surface area contributed by atoms with Crippen LogP contribution < -0.4 is 5.73 Å². The van der Waals surface area contributed by atoms with Crippen molar-refractivity contribution in [3.05, 3.63) is 44.0 Å². The van der Waals surface area contributed by atoms with Crippen molar-refractivity contribution in [2.75, 3.05) is 20.1 Å². The monoisotopic (exact) mass is 268 g/mol. The van der Waals surface area contributed by atoms with E-state index in [0.29, 0.717) is 25.2 Å². The number of hydrogen-bond donors (Lipinski definition) is 1. The fourth-order valence-corrected chi connectivity index (χ4v) is 1.70. The molecule has 8 heteroatoms. The third-order valence-corrected chi connectivity index (χ3v) is 2.66. The first kappa shape index (κ1) is 15.0. The lowest BCUT2D eigenvalue weighted by molar-refractivity contribution is -0.394. The molecule has 0 atom stereocenters. The third-order valence-electron chi connectivity index (χ3n) is 2.66. The molecule has 0 radical (unpaired) electrons. The van der Waals surface area contributed by atoms with Crippen molar-refractivity contribution in [2.45, 2.75) is 13.0 Å². The number of nitrogens with two attached hydrogens (primary N) is 1. The SMILES string of the molecule is CN(CCCN)Cc1ccc([N+](=O)[O-])cc1[N+](=O)[O-]. The Morgan fingerprint density at radius 1 is 1.26 bits per heavy atom. The van der Waals surface area contributed by atoms with Crippen LogP contribution in [0.4, 0.5) is 11.4 Å². The van der Waals surface area contributed by atoms with Gasteiger partial charge in [0.2, 0.25) is 0 Å². The number of non-ortho nitro benzene ring substituents is 1. The van der Waals surface area contributed by atoms with E-state index in [9.17, 15) is 20.2 Å². The quantitative estimate of drug-likeness (QED) is 0.588. The number of nitro groups is 2. The van der Waals surface area contributed by atoms with Crippen molar-refractivity contribution in [1.29, 1.82) is 0 Å². The minimum Gasteiger partial charge on any atom is -0.330 e. The second-order valence-electron chi connectivity index (χ2n) is 4.21. The molecule has 0 fully saturated rings. The summed E-state index contributed by atoms with van der Waals surface area (Å²) in [5, 5.41) is 21.5. The summed E-state index contributed by atoms with van der Waals surface area (Å²) in [6, 6.07) is 3.69. The summed E-state index contributed by atoms with van der Waals surface area (Å²) in [6.07, 6.45) is 0.789. The van der Waals surface area contributed by atoms with Crippen LogP contribution in [-0.2, 0) is 6.54 Å². The predicted octanol–water partition coefficient (Wildman–Crippen LogP) is 1.28. The summed E-state index contributed by atoms with van der Waals surface area (Å²) in [4.78, 5) is 22.2. The molecule has 0 heterocycles. The van der Waals surface area contributed by atoms with Gasteiger partial charge < -0.3 is 10.6 Å². The standard InChI is InChI=1S/C11H16N4O4/c1-13(6-2-5-12)8-9-3-4-10(14(16)17)7-11(9)15(18)19/h3-4,7H,2,5-6,8,12H2,1H3. The van der Waals surface area contributed by atoms with Crippen LogP contribution in [-0.4, -0.2) is 34.9 Å². The van der Waals surface area contributed by atoms with E-state index >= 15 is 0 Å². The molecule has 2 N–H and O–H groups in total. The van der Waals surface area contributed by atoms with Gasteiger partial charge in [0.05, 0.1) is 15.9 Å². The van der Waals surface area contributed by atoms with E-state index in [1.165, 1.54) is 12.1 Å². The number of benzene rings is 1. The largest absolute Gasteiger partial charge is 0.330 e. The Morgan fingerprint density at radius 3 is 2.47 bits per heavy atom. The Hall–Kier alpha value is -2.06. The fraction of sp³-hybridized carbons (Fsp3) is 0.455. The highest BCUT2D eigenvalue weighted by Crippen LogP contribution is 2.25. The van der Waals surface area contributed by atoms with Gasteiger partial charge >= 0.3 is 0 Å². The molecule has 8 nitrogen and oxygen atoms in total. The molecule has 0 saturated carbocycles. The average Bonchev–Trinajstić information content (AvgIpc) is 2.36. The normalized spacial score (nSPS) is 10.7. The lowest BCUT2D eigenvalue weighted by atomic mass is 10.1. The maximum Gasteiger partial charge on any atom is 0.280 e. The van der Waals surface area contributed by atoms with Crippen molar-refractivity contribution in [3.8, 4) is 0 Å². The number of nitro benzene ring substituents is 2. The third kappa shape index (κ3) is 4.27. The summed E-state index contributed by atoms with van der Waals surface area (Å²) < 4.78 is 0. The summed E-state index contributed by atoms with van der Waals surface area (Å²) >= 11 is 0. The lowest BCUT2D eigenvalue weighted by Crippen LogP contribution is -2.21. The molecule has 0 aromatic heterocycles. The van der Waals surface area contributed by atoms with Gasteiger partial charge in [-0.05, 0) is 32.6 Å². The number of nitrogens with zero attached hydrogens (tertiary/aromatic N) is 3. The fourth-order valence-electron chi connectivity index (χ4n) is 1.70. The summed E-state index contributed by atoms with van der Waals surface area (Å²) in [5.41, 5.74) is 5.34. The van der Waals surface area contributed by atoms with Crippen LogP contribution in [0.25, 0.3) is 0 Å². The molecule has 0 aliphatic heterocycles. The first-order valence-corrected chi connectivity index (χ1v) is 5.76. The van der Waals surface area contributed by atoms with Crippen molar-refractivity contribution in [2.24, 2.45) is 5.73 Å². The zero-order valence-corrected chi connectivity index (χ0v) is 10.6. The molecule has 0 aliphatic carbocycles. The van der Waals surface area contributed by atoms with Gasteiger partial charge in [-0.3, -0.25) is 20.2 Å². The van der Waals surface area contributed by atoms with Crippen LogP contribution in [0, 0.1) is 20.2 Å². The average molecular weight is 268 g/mol. The van der Waals surface area contributed by atoms with Gasteiger partial charge in [-0.15, -0.1) is 0 Å². The van der Waals surface area contributed by atoms with Crippen molar-refractivity contribution in [1.82, 2.24) is 4.90 Å². The molecule has 1 aromatic carbocycles. The van der Waals surface area contributed by atoms with Gasteiger partial charge in [0.1, 0.15) is 0 Å². The van der Waals surface area contributed by atoms with Crippen molar-refractivity contribution >= 4 is 11.4 Å². The van der Waals surface area contributed by atoms with E-state index in [4.69, 9.17) is 5.73 Å². The van der Waals surface area contributed by atoms with Gasteiger partial charge in [-0.25, -0.2) is 0 Å². The Kier molecular flexibility index (Phi) is 5.34. The number of rotatable bonds is 7. The lowest BCUT2D eigenvalue weighted by Gasteiger charge is -2.15. The molecular weight excluding hydrogens is 252 g/mol. The van der Waals surface area contributed by atoms with E-state index in [-0.39, 0.29) is 11.4 Å². The Bertz CT molecular complexity index is 478. The molecule has 0 spiro atoms. The number of hydrogen-bond acceptors (Lipinski definition) is 6. The van der Waals surface area contributed by atoms with Crippen LogP contribution in [0.3, 0.4) is 0 Å². The molecule has 0 bridgehead atoms. The van der Waals surface area contributed by atoms with Crippen LogP contribution >= 0.6 is 0 Å². The molecule has 0 saturated heterocycles. The van der Waals surface area contributed by atoms with Crippen LogP contribution in [0.15, 0.2) is 18.2 Å². The van der Waals surface area contributed by atoms with Crippen LogP contribution in [0.2, 0.25) is 0 Å². The smallest absolute Gasteiger partial charge is 0.280 e. The van der Waals surface area contributed by atoms with Gasteiger partial charge in [-0.1, -0.05) is 0 Å². The highest BCUT2D eigenvalue weighted by Gasteiger charge is 2.19. The molecule has 0 aliphatic rings. The summed E-state index contributed by atoms with van der Waals surface area (Å²) in [7, 11) is 1.82. The molecule has 19 heavy (non-hydrogen) atoms. The highest BCUT2D eigenvalue weighted by molar-refractivity contribution is 5.49. The Balaban J connectivity index is 2.94. The highest BCUT2D eigenvalue weighted by atomic mass is 16.6. The van der Waals surface area contributed by atoms with Gasteiger partial charge in [0.15, 0.2) is 0 Å². The molecule has 104 valence electrons. The first-order chi connectivity index (χ1) is 8.95. The maximum absolute atomic E-state index is 10.9. The molecule has 0 amide bonds. The molecule has 0 unspecified atom stereocenters. The van der Waals surface area contributed by atoms with E-state index in [1.807, 2.05) is 11.9 Å². The predicted molar refractivity (Wildman–Crippen MR) is 69.8 cm³/mol. The second kappa shape index (κ2) is 6.76. The minimum absolute atomic E-state index is 0.228. The summed E-state index contributed by atoms with van der Waals surface area (Å²) in [5.74, 6) is 0. The molecular formula is C11H16N4O4. The van der Waals surface area contributed by atoms with E-state index < -0.39 is 9.85 Å². The van der Waals surface area contributed by atoms with E-state index in [2.05, 4.69) is 0 Å². The molecule has 1 rings (SSSR count). The first-order valence-electron chi connectivity index (χ1n) is 5.76. The van der Waals surface area contributed by atoms with E-state index in [1.54, 1.807) is 0 Å². The molecule has 1 aromatic rings. The van der Waals surface area contributed by atoms with Crippen LogP contribution in [0.5, 0.6) is 0 Å².